The van der Waals surface area contributed by atoms with Crippen LogP contribution in [0.3, 0.4) is 0 Å². The number of benzene rings is 1. The summed E-state index contributed by atoms with van der Waals surface area (Å²) in [6.45, 7) is 6.51. The number of carboxylic acid groups (broad SMARTS) is 1. The molecule has 1 aromatic carbocycles. The van der Waals surface area contributed by atoms with E-state index in [4.69, 9.17) is 5.11 Å². The molecule has 1 rings (SSSR count). The van der Waals surface area contributed by atoms with Gasteiger partial charge in [-0.05, 0) is 5.54 Å². The molecule has 0 aliphatic heterocycles. The molecule has 0 aliphatic rings. The fourth-order valence-corrected chi connectivity index (χ4v) is 3.97. The smallest absolute Gasteiger partial charge is 0.303 e. The van der Waals surface area contributed by atoms with Crippen molar-refractivity contribution >= 4 is 19.2 Å². The number of carbonyl (C=O) groups is 1. The predicted molar refractivity (Wildman–Crippen MR) is 65.2 cm³/mol. The van der Waals surface area contributed by atoms with Crippen LogP contribution in [0.2, 0.25) is 18.6 Å². The second kappa shape index (κ2) is 4.62. The molecule has 0 saturated heterocycles. The summed E-state index contributed by atoms with van der Waals surface area (Å²) in [6, 6.07) is 10.3. The molecule has 3 heteroatoms. The predicted octanol–water partition coefficient (Wildman–Crippen LogP) is 2.47. The molecule has 0 aromatic heterocycles. The summed E-state index contributed by atoms with van der Waals surface area (Å²) >= 11 is 0. The fraction of sp³-hybridized carbons (Fsp3) is 0.417. The highest BCUT2D eigenvalue weighted by atomic mass is 28.3. The summed E-state index contributed by atoms with van der Waals surface area (Å²) in [4.78, 5) is 10.7. The van der Waals surface area contributed by atoms with Crippen LogP contribution in [0.1, 0.15) is 13.3 Å². The third-order valence-electron chi connectivity index (χ3n) is 3.23. The monoisotopic (exact) mass is 222 g/mol. The van der Waals surface area contributed by atoms with E-state index >= 15 is 0 Å². The molecule has 0 bridgehead atoms. The van der Waals surface area contributed by atoms with Crippen molar-refractivity contribution in [1.29, 1.82) is 0 Å². The molecular weight excluding hydrogens is 204 g/mol. The number of carboxylic acids is 1. The molecule has 0 spiro atoms. The van der Waals surface area contributed by atoms with Crippen molar-refractivity contribution in [1.82, 2.24) is 0 Å². The molecule has 0 unspecified atom stereocenters. The molecule has 0 radical (unpaired) electrons. The van der Waals surface area contributed by atoms with Gasteiger partial charge in [-0.15, -0.1) is 0 Å². The Morgan fingerprint density at radius 1 is 1.33 bits per heavy atom. The maximum absolute atomic E-state index is 10.7. The van der Waals surface area contributed by atoms with E-state index < -0.39 is 14.0 Å². The Morgan fingerprint density at radius 3 is 2.33 bits per heavy atom. The van der Waals surface area contributed by atoms with E-state index in [0.717, 1.165) is 0 Å². The zero-order valence-electron chi connectivity index (χ0n) is 9.53. The molecule has 1 N–H and O–H groups in total. The van der Waals surface area contributed by atoms with Crippen molar-refractivity contribution in [2.45, 2.75) is 32.0 Å². The van der Waals surface area contributed by atoms with Crippen LogP contribution in [-0.2, 0) is 4.79 Å². The van der Waals surface area contributed by atoms with Gasteiger partial charge in [-0.3, -0.25) is 4.79 Å². The number of hydrogen-bond acceptors (Lipinski definition) is 1. The van der Waals surface area contributed by atoms with Gasteiger partial charge < -0.3 is 5.11 Å². The highest BCUT2D eigenvalue weighted by Crippen LogP contribution is 2.24. The zero-order valence-corrected chi connectivity index (χ0v) is 10.5. The van der Waals surface area contributed by atoms with E-state index in [0.29, 0.717) is 0 Å². The molecule has 0 heterocycles. The topological polar surface area (TPSA) is 37.3 Å². The lowest BCUT2D eigenvalue weighted by atomic mass is 10.3. The van der Waals surface area contributed by atoms with Crippen molar-refractivity contribution in [2.75, 3.05) is 0 Å². The van der Waals surface area contributed by atoms with Gasteiger partial charge in [-0.1, -0.05) is 55.5 Å². The number of aliphatic carboxylic acids is 1. The molecule has 0 saturated carbocycles. The Labute approximate surface area is 92.0 Å². The van der Waals surface area contributed by atoms with Crippen molar-refractivity contribution in [3.8, 4) is 0 Å². The van der Waals surface area contributed by atoms with Gasteiger partial charge in [0.1, 0.15) is 0 Å². The molecule has 82 valence electrons. The molecule has 1 atom stereocenters. The SMILES string of the molecule is C[C@H](CC(=O)O)[Si](C)(C)c1ccccc1. The Morgan fingerprint density at radius 2 is 1.87 bits per heavy atom. The second-order valence-corrected chi connectivity index (χ2v) is 9.59. The standard InChI is InChI=1S/C12H18O2Si/c1-10(9-12(13)14)15(2,3)11-7-5-4-6-8-11/h4-8,10H,9H2,1-3H3,(H,13,14)/t10-/m1/s1. The van der Waals surface area contributed by atoms with Crippen LogP contribution >= 0.6 is 0 Å². The van der Waals surface area contributed by atoms with Crippen molar-refractivity contribution < 1.29 is 9.90 Å². The van der Waals surface area contributed by atoms with Gasteiger partial charge in [0.2, 0.25) is 0 Å². The molecule has 0 fully saturated rings. The third-order valence-corrected chi connectivity index (χ3v) is 7.72. The van der Waals surface area contributed by atoms with Crippen molar-refractivity contribution in [3.63, 3.8) is 0 Å². The van der Waals surface area contributed by atoms with E-state index in [9.17, 15) is 4.79 Å². The van der Waals surface area contributed by atoms with Gasteiger partial charge in [0.25, 0.3) is 0 Å². The second-order valence-electron chi connectivity index (χ2n) is 4.59. The van der Waals surface area contributed by atoms with Crippen LogP contribution < -0.4 is 5.19 Å². The lowest BCUT2D eigenvalue weighted by molar-refractivity contribution is -0.137. The molecule has 0 aliphatic carbocycles. The summed E-state index contributed by atoms with van der Waals surface area (Å²) < 4.78 is 0. The molecule has 15 heavy (non-hydrogen) atoms. The number of rotatable bonds is 4. The van der Waals surface area contributed by atoms with Crippen molar-refractivity contribution in [3.05, 3.63) is 30.3 Å². The normalized spacial score (nSPS) is 13.5. The van der Waals surface area contributed by atoms with Crippen LogP contribution in [0.5, 0.6) is 0 Å². The van der Waals surface area contributed by atoms with Crippen LogP contribution in [0.4, 0.5) is 0 Å². The van der Waals surface area contributed by atoms with Gasteiger partial charge in [0, 0.05) is 6.42 Å². The van der Waals surface area contributed by atoms with Gasteiger partial charge in [-0.2, -0.15) is 0 Å². The fourth-order valence-electron chi connectivity index (χ4n) is 1.67. The summed E-state index contributed by atoms with van der Waals surface area (Å²) in [5.41, 5.74) is 0.261. The molecule has 1 aromatic rings. The van der Waals surface area contributed by atoms with Gasteiger partial charge in [-0.25, -0.2) is 0 Å². The van der Waals surface area contributed by atoms with E-state index in [1.54, 1.807) is 0 Å². The minimum absolute atomic E-state index is 0.261. The van der Waals surface area contributed by atoms with Crippen LogP contribution in [0.15, 0.2) is 30.3 Å². The Bertz CT molecular complexity index is 333. The molecule has 2 nitrogen and oxygen atoms in total. The Kier molecular flexibility index (Phi) is 3.69. The Balaban J connectivity index is 2.87. The molecular formula is C12H18O2Si. The highest BCUT2D eigenvalue weighted by Gasteiger charge is 2.31. The summed E-state index contributed by atoms with van der Waals surface area (Å²) in [5.74, 6) is -0.695. The van der Waals surface area contributed by atoms with Crippen LogP contribution in [0, 0.1) is 0 Å². The maximum Gasteiger partial charge on any atom is 0.303 e. The molecule has 0 amide bonds. The van der Waals surface area contributed by atoms with Gasteiger partial charge in [0.05, 0.1) is 8.07 Å². The third kappa shape index (κ3) is 2.93. The van der Waals surface area contributed by atoms with Crippen LogP contribution in [0.25, 0.3) is 0 Å². The van der Waals surface area contributed by atoms with E-state index in [1.807, 2.05) is 25.1 Å². The Hall–Kier alpha value is -1.09. The van der Waals surface area contributed by atoms with Gasteiger partial charge >= 0.3 is 5.97 Å². The summed E-state index contributed by atoms with van der Waals surface area (Å²) in [6.07, 6.45) is 0.272. The average Bonchev–Trinajstić information content (AvgIpc) is 2.18. The van der Waals surface area contributed by atoms with E-state index in [1.165, 1.54) is 5.19 Å². The first-order valence-corrected chi connectivity index (χ1v) is 8.29. The first-order valence-electron chi connectivity index (χ1n) is 5.22. The highest BCUT2D eigenvalue weighted by molar-refractivity contribution is 6.91. The number of hydrogen-bond donors (Lipinski definition) is 1. The van der Waals surface area contributed by atoms with Crippen LogP contribution in [-0.4, -0.2) is 19.1 Å². The lowest BCUT2D eigenvalue weighted by Crippen LogP contribution is -2.45. The minimum atomic E-state index is -1.63. The summed E-state index contributed by atoms with van der Waals surface area (Å²) in [5, 5.41) is 10.1. The largest absolute Gasteiger partial charge is 0.481 e. The van der Waals surface area contributed by atoms with Gasteiger partial charge in [0.15, 0.2) is 0 Å². The zero-order chi connectivity index (χ0) is 11.5. The lowest BCUT2D eigenvalue weighted by Gasteiger charge is -2.29. The van der Waals surface area contributed by atoms with Crippen molar-refractivity contribution in [2.24, 2.45) is 0 Å². The quantitative estimate of drug-likeness (QED) is 0.795. The first kappa shape index (κ1) is 12.0. The van der Waals surface area contributed by atoms with E-state index in [-0.39, 0.29) is 12.0 Å². The first-order chi connectivity index (χ1) is 6.94. The summed E-state index contributed by atoms with van der Waals surface area (Å²) in [7, 11) is -1.63. The maximum atomic E-state index is 10.7. The van der Waals surface area contributed by atoms with E-state index in [2.05, 4.69) is 25.2 Å². The average molecular weight is 222 g/mol. The minimum Gasteiger partial charge on any atom is -0.481 e.